The number of rotatable bonds is 6. The number of benzene rings is 2. The molecule has 1 aliphatic rings. The molecule has 2 aromatic carbocycles. The molecule has 1 fully saturated rings. The number of fused-ring (bicyclic) bond motifs is 1. The minimum atomic E-state index is 0.00285. The summed E-state index contributed by atoms with van der Waals surface area (Å²) in [4.78, 5) is 22.0. The van der Waals surface area contributed by atoms with E-state index in [0.29, 0.717) is 31.0 Å². The van der Waals surface area contributed by atoms with Gasteiger partial charge in [0.2, 0.25) is 0 Å². The summed E-state index contributed by atoms with van der Waals surface area (Å²) in [6.45, 7) is 7.96. The van der Waals surface area contributed by atoms with Gasteiger partial charge in [0.1, 0.15) is 18.1 Å². The summed E-state index contributed by atoms with van der Waals surface area (Å²) < 4.78 is 11.5. The van der Waals surface area contributed by atoms with Crippen LogP contribution in [0.4, 0.5) is 0 Å². The molecule has 1 aliphatic heterocycles. The molecule has 0 atom stereocenters. The number of carbonyl (C=O) groups excluding carboxylic acids is 1. The first-order chi connectivity index (χ1) is 16.6. The van der Waals surface area contributed by atoms with E-state index in [9.17, 15) is 4.79 Å². The van der Waals surface area contributed by atoms with Gasteiger partial charge in [-0.05, 0) is 54.4 Å². The first-order valence-electron chi connectivity index (χ1n) is 11.6. The van der Waals surface area contributed by atoms with Gasteiger partial charge >= 0.3 is 0 Å². The lowest BCUT2D eigenvalue weighted by atomic mass is 10.0. The average Bonchev–Trinajstić information content (AvgIpc) is 3.19. The third kappa shape index (κ3) is 4.65. The van der Waals surface area contributed by atoms with Crippen LogP contribution < -0.4 is 4.74 Å². The summed E-state index contributed by atoms with van der Waals surface area (Å²) in [5.74, 6) is 1.32. The minimum absolute atomic E-state index is 0.00285. The molecular formula is C27H28N4O3. The monoisotopic (exact) mass is 456 g/mol. The summed E-state index contributed by atoms with van der Waals surface area (Å²) in [5, 5.41) is 6.07. The molecule has 5 rings (SSSR count). The summed E-state index contributed by atoms with van der Waals surface area (Å²) >= 11 is 0. The number of aryl methyl sites for hydroxylation is 2. The van der Waals surface area contributed by atoms with E-state index >= 15 is 0 Å². The second kappa shape index (κ2) is 9.65. The van der Waals surface area contributed by atoms with E-state index in [4.69, 9.17) is 9.26 Å². The number of aromatic nitrogens is 2. The average molecular weight is 457 g/mol. The maximum atomic E-state index is 13.6. The van der Waals surface area contributed by atoms with Gasteiger partial charge in [-0.1, -0.05) is 29.4 Å². The zero-order valence-corrected chi connectivity index (χ0v) is 19.5. The molecule has 2 aromatic heterocycles. The number of hydrogen-bond acceptors (Lipinski definition) is 6. The lowest BCUT2D eigenvalue weighted by Gasteiger charge is -2.35. The van der Waals surface area contributed by atoms with Crippen molar-refractivity contribution in [3.05, 3.63) is 89.1 Å². The molecule has 0 bridgehead atoms. The molecule has 0 spiro atoms. The van der Waals surface area contributed by atoms with Gasteiger partial charge in [0.15, 0.2) is 0 Å². The predicted octanol–water partition coefficient (Wildman–Crippen LogP) is 4.38. The van der Waals surface area contributed by atoms with Crippen molar-refractivity contribution in [2.24, 2.45) is 0 Å². The molecule has 1 amide bonds. The van der Waals surface area contributed by atoms with E-state index in [2.05, 4.69) is 15.0 Å². The van der Waals surface area contributed by atoms with Crippen LogP contribution in [0.5, 0.6) is 5.75 Å². The van der Waals surface area contributed by atoms with Crippen molar-refractivity contribution in [1.82, 2.24) is 19.9 Å². The summed E-state index contributed by atoms with van der Waals surface area (Å²) in [6, 6.07) is 16.0. The largest absolute Gasteiger partial charge is 0.488 e. The fraction of sp³-hybridized carbons (Fsp3) is 0.296. The molecule has 0 aliphatic carbocycles. The molecule has 0 saturated carbocycles. The number of carbonyl (C=O) groups is 1. The van der Waals surface area contributed by atoms with Crippen molar-refractivity contribution in [1.29, 1.82) is 0 Å². The van der Waals surface area contributed by atoms with E-state index in [-0.39, 0.29) is 5.91 Å². The molecule has 1 saturated heterocycles. The molecule has 0 unspecified atom stereocenters. The van der Waals surface area contributed by atoms with Crippen molar-refractivity contribution >= 4 is 16.7 Å². The number of hydrogen-bond donors (Lipinski definition) is 0. The highest BCUT2D eigenvalue weighted by atomic mass is 16.5. The summed E-state index contributed by atoms with van der Waals surface area (Å²) in [5.41, 5.74) is 3.54. The van der Waals surface area contributed by atoms with Crippen molar-refractivity contribution in [2.45, 2.75) is 27.0 Å². The van der Waals surface area contributed by atoms with Crippen LogP contribution in [-0.2, 0) is 13.2 Å². The lowest BCUT2D eigenvalue weighted by Crippen LogP contribution is -2.48. The van der Waals surface area contributed by atoms with E-state index in [1.807, 2.05) is 79.7 Å². The SMILES string of the molecule is Cc1noc(C)c1COc1cc2ccccc2cc1C(=O)N1CCN(Cc2ccncc2)CC1. The summed E-state index contributed by atoms with van der Waals surface area (Å²) in [7, 11) is 0. The second-order valence-electron chi connectivity index (χ2n) is 8.71. The Morgan fingerprint density at radius 1 is 1.00 bits per heavy atom. The van der Waals surface area contributed by atoms with Crippen LogP contribution in [0.15, 0.2) is 65.4 Å². The molecular weight excluding hydrogens is 428 g/mol. The van der Waals surface area contributed by atoms with Crippen LogP contribution >= 0.6 is 0 Å². The third-order valence-electron chi connectivity index (χ3n) is 6.45. The van der Waals surface area contributed by atoms with E-state index in [0.717, 1.165) is 47.4 Å². The van der Waals surface area contributed by atoms with Gasteiger partial charge in [-0.2, -0.15) is 0 Å². The van der Waals surface area contributed by atoms with Crippen molar-refractivity contribution in [2.75, 3.05) is 26.2 Å². The van der Waals surface area contributed by atoms with Gasteiger partial charge in [-0.25, -0.2) is 0 Å². The topological polar surface area (TPSA) is 71.7 Å². The summed E-state index contributed by atoms with van der Waals surface area (Å²) in [6.07, 6.45) is 3.64. The third-order valence-corrected chi connectivity index (χ3v) is 6.45. The highest BCUT2D eigenvalue weighted by Gasteiger charge is 2.25. The predicted molar refractivity (Wildman–Crippen MR) is 130 cm³/mol. The number of nitrogens with zero attached hydrogens (tertiary/aromatic N) is 4. The molecule has 7 heteroatoms. The van der Waals surface area contributed by atoms with Crippen molar-refractivity contribution in [3.63, 3.8) is 0 Å². The normalized spacial score (nSPS) is 14.5. The maximum absolute atomic E-state index is 13.6. The zero-order chi connectivity index (χ0) is 23.5. The van der Waals surface area contributed by atoms with Crippen LogP contribution in [-0.4, -0.2) is 52.0 Å². The number of piperazine rings is 1. The molecule has 4 aromatic rings. The Kier molecular flexibility index (Phi) is 6.27. The number of ether oxygens (including phenoxy) is 1. The Labute approximate surface area is 198 Å². The van der Waals surface area contributed by atoms with Gasteiger partial charge in [0.05, 0.1) is 16.8 Å². The Balaban J connectivity index is 1.34. The van der Waals surface area contributed by atoms with Gasteiger partial charge in [-0.15, -0.1) is 0 Å². The van der Waals surface area contributed by atoms with Crippen LogP contribution in [0.25, 0.3) is 10.8 Å². The number of pyridine rings is 1. The molecule has 3 heterocycles. The number of amides is 1. The van der Waals surface area contributed by atoms with Gasteiger partial charge < -0.3 is 14.2 Å². The van der Waals surface area contributed by atoms with E-state index < -0.39 is 0 Å². The Morgan fingerprint density at radius 3 is 2.38 bits per heavy atom. The van der Waals surface area contributed by atoms with Crippen LogP contribution in [0.3, 0.4) is 0 Å². The first kappa shape index (κ1) is 22.1. The highest BCUT2D eigenvalue weighted by Crippen LogP contribution is 2.29. The molecule has 7 nitrogen and oxygen atoms in total. The van der Waals surface area contributed by atoms with Crippen LogP contribution in [0, 0.1) is 13.8 Å². The Morgan fingerprint density at radius 2 is 1.71 bits per heavy atom. The fourth-order valence-electron chi connectivity index (χ4n) is 4.39. The Bertz CT molecular complexity index is 1270. The maximum Gasteiger partial charge on any atom is 0.257 e. The standard InChI is InChI=1S/C27H28N4O3/c1-19-25(20(2)34-29-19)18-33-26-16-23-6-4-3-5-22(23)15-24(26)27(32)31-13-11-30(12-14-31)17-21-7-9-28-10-8-21/h3-10,15-16H,11-14,17-18H2,1-2H3. The quantitative estimate of drug-likeness (QED) is 0.429. The van der Waals surface area contributed by atoms with Gasteiger partial charge in [-0.3, -0.25) is 14.7 Å². The van der Waals surface area contributed by atoms with Gasteiger partial charge in [0, 0.05) is 45.1 Å². The van der Waals surface area contributed by atoms with Crippen LogP contribution in [0.2, 0.25) is 0 Å². The second-order valence-corrected chi connectivity index (χ2v) is 8.71. The molecule has 174 valence electrons. The van der Waals surface area contributed by atoms with E-state index in [1.54, 1.807) is 0 Å². The van der Waals surface area contributed by atoms with E-state index in [1.165, 1.54) is 5.56 Å². The van der Waals surface area contributed by atoms with Crippen molar-refractivity contribution < 1.29 is 14.1 Å². The molecule has 0 radical (unpaired) electrons. The lowest BCUT2D eigenvalue weighted by molar-refractivity contribution is 0.0624. The zero-order valence-electron chi connectivity index (χ0n) is 19.5. The highest BCUT2D eigenvalue weighted by molar-refractivity contribution is 6.01. The fourth-order valence-corrected chi connectivity index (χ4v) is 4.39. The van der Waals surface area contributed by atoms with Crippen LogP contribution in [0.1, 0.15) is 32.9 Å². The van der Waals surface area contributed by atoms with Crippen molar-refractivity contribution in [3.8, 4) is 5.75 Å². The van der Waals surface area contributed by atoms with Gasteiger partial charge in [0.25, 0.3) is 5.91 Å². The Hall–Kier alpha value is -3.71. The molecule has 0 N–H and O–H groups in total. The molecule has 34 heavy (non-hydrogen) atoms. The smallest absolute Gasteiger partial charge is 0.257 e. The minimum Gasteiger partial charge on any atom is -0.488 e. The first-order valence-corrected chi connectivity index (χ1v) is 11.6.